The zero-order valence-corrected chi connectivity index (χ0v) is 19.5. The van der Waals surface area contributed by atoms with Gasteiger partial charge >= 0.3 is 17.8 Å². The fourth-order valence-electron chi connectivity index (χ4n) is 3.21. The Morgan fingerprint density at radius 2 is 1.57 bits per heavy atom. The lowest BCUT2D eigenvalue weighted by atomic mass is 10.0. The highest BCUT2D eigenvalue weighted by molar-refractivity contribution is 6.42. The molecule has 4 aromatic carbocycles. The number of esters is 1. The molecule has 2 amide bonds. The van der Waals surface area contributed by atoms with Crippen molar-refractivity contribution in [3.63, 3.8) is 0 Å². The van der Waals surface area contributed by atoms with Crippen molar-refractivity contribution in [2.75, 3.05) is 5.32 Å². The van der Waals surface area contributed by atoms with Gasteiger partial charge in [0, 0.05) is 10.6 Å². The summed E-state index contributed by atoms with van der Waals surface area (Å²) in [4.78, 5) is 37.1. The minimum absolute atomic E-state index is 0.187. The molecule has 0 saturated heterocycles. The van der Waals surface area contributed by atoms with Gasteiger partial charge in [-0.3, -0.25) is 9.59 Å². The SMILES string of the molecule is O=C(NN=Cc1c(OC(=O)c2ccccc2)ccc2ccccc12)C(=O)Nc1cc(Cl)ccc1Cl. The van der Waals surface area contributed by atoms with Crippen molar-refractivity contribution in [1.82, 2.24) is 5.43 Å². The van der Waals surface area contributed by atoms with Gasteiger partial charge in [-0.15, -0.1) is 0 Å². The van der Waals surface area contributed by atoms with Gasteiger partial charge in [-0.25, -0.2) is 10.2 Å². The number of fused-ring (bicyclic) bond motifs is 1. The highest BCUT2D eigenvalue weighted by atomic mass is 35.5. The predicted octanol–water partition coefficient (Wildman–Crippen LogP) is 5.45. The summed E-state index contributed by atoms with van der Waals surface area (Å²) in [6.45, 7) is 0. The molecule has 0 atom stereocenters. The van der Waals surface area contributed by atoms with Crippen molar-refractivity contribution in [3.05, 3.63) is 106 Å². The van der Waals surface area contributed by atoms with Gasteiger partial charge < -0.3 is 10.1 Å². The van der Waals surface area contributed by atoms with Gasteiger partial charge in [0.25, 0.3) is 0 Å². The van der Waals surface area contributed by atoms with Crippen LogP contribution in [0.4, 0.5) is 5.69 Å². The first-order valence-corrected chi connectivity index (χ1v) is 11.1. The number of hydrazone groups is 1. The Labute approximate surface area is 210 Å². The summed E-state index contributed by atoms with van der Waals surface area (Å²) in [5.74, 6) is -2.32. The van der Waals surface area contributed by atoms with Crippen LogP contribution < -0.4 is 15.5 Å². The maximum absolute atomic E-state index is 12.6. The minimum atomic E-state index is -1.03. The lowest BCUT2D eigenvalue weighted by Gasteiger charge is -2.10. The second kappa shape index (κ2) is 10.8. The fourth-order valence-corrected chi connectivity index (χ4v) is 3.55. The number of benzene rings is 4. The Morgan fingerprint density at radius 3 is 2.37 bits per heavy atom. The van der Waals surface area contributed by atoms with E-state index in [-0.39, 0.29) is 16.5 Å². The molecule has 0 saturated carbocycles. The van der Waals surface area contributed by atoms with E-state index in [1.54, 1.807) is 48.5 Å². The molecule has 2 N–H and O–H groups in total. The zero-order valence-electron chi connectivity index (χ0n) is 18.0. The summed E-state index contributed by atoms with van der Waals surface area (Å²) in [7, 11) is 0. The van der Waals surface area contributed by atoms with Crippen LogP contribution in [0.3, 0.4) is 0 Å². The van der Waals surface area contributed by atoms with E-state index in [2.05, 4.69) is 15.8 Å². The molecule has 0 aromatic heterocycles. The van der Waals surface area contributed by atoms with Crippen molar-refractivity contribution in [2.24, 2.45) is 5.10 Å². The molecule has 4 rings (SSSR count). The van der Waals surface area contributed by atoms with Crippen LogP contribution in [0.2, 0.25) is 10.0 Å². The number of hydrogen-bond donors (Lipinski definition) is 2. The number of rotatable bonds is 5. The molecule has 0 fully saturated rings. The molecule has 9 heteroatoms. The van der Waals surface area contributed by atoms with E-state index in [1.807, 2.05) is 24.3 Å². The summed E-state index contributed by atoms with van der Waals surface area (Å²) < 4.78 is 5.60. The van der Waals surface area contributed by atoms with Crippen LogP contribution in [-0.2, 0) is 9.59 Å². The lowest BCUT2D eigenvalue weighted by Crippen LogP contribution is -2.32. The van der Waals surface area contributed by atoms with E-state index < -0.39 is 17.8 Å². The third kappa shape index (κ3) is 5.84. The van der Waals surface area contributed by atoms with Crippen molar-refractivity contribution >= 4 is 63.7 Å². The number of anilines is 1. The molecule has 174 valence electrons. The van der Waals surface area contributed by atoms with Gasteiger partial charge in [-0.2, -0.15) is 5.10 Å². The molecule has 4 aromatic rings. The molecule has 0 radical (unpaired) electrons. The number of ether oxygens (including phenoxy) is 1. The number of nitrogens with zero attached hydrogens (tertiary/aromatic N) is 1. The molecule has 0 bridgehead atoms. The molecule has 0 aliphatic carbocycles. The number of halogens is 2. The lowest BCUT2D eigenvalue weighted by molar-refractivity contribution is -0.136. The molecular formula is C26H17Cl2N3O4. The van der Waals surface area contributed by atoms with Crippen LogP contribution in [0.15, 0.2) is 90.0 Å². The fraction of sp³-hybridized carbons (Fsp3) is 0. The second-order valence-electron chi connectivity index (χ2n) is 7.23. The summed E-state index contributed by atoms with van der Waals surface area (Å²) in [5, 5.41) is 8.44. The van der Waals surface area contributed by atoms with Crippen molar-refractivity contribution in [1.29, 1.82) is 0 Å². The molecule has 0 aliphatic rings. The maximum atomic E-state index is 12.6. The van der Waals surface area contributed by atoms with Gasteiger partial charge in [0.2, 0.25) is 0 Å². The van der Waals surface area contributed by atoms with E-state index in [1.165, 1.54) is 18.3 Å². The highest BCUT2D eigenvalue weighted by Crippen LogP contribution is 2.28. The Morgan fingerprint density at radius 1 is 0.829 bits per heavy atom. The summed E-state index contributed by atoms with van der Waals surface area (Å²) in [6.07, 6.45) is 1.31. The molecule has 0 aliphatic heterocycles. The normalized spacial score (nSPS) is 10.8. The van der Waals surface area contributed by atoms with Gasteiger partial charge in [-0.05, 0) is 47.2 Å². The van der Waals surface area contributed by atoms with E-state index in [0.29, 0.717) is 16.1 Å². The Hall–Kier alpha value is -4.20. The smallest absolute Gasteiger partial charge is 0.343 e. The van der Waals surface area contributed by atoms with E-state index in [4.69, 9.17) is 27.9 Å². The maximum Gasteiger partial charge on any atom is 0.343 e. The monoisotopic (exact) mass is 505 g/mol. The van der Waals surface area contributed by atoms with Crippen molar-refractivity contribution < 1.29 is 19.1 Å². The third-order valence-corrected chi connectivity index (χ3v) is 5.45. The molecule has 0 heterocycles. The molecule has 0 spiro atoms. The van der Waals surface area contributed by atoms with Crippen molar-refractivity contribution in [2.45, 2.75) is 0 Å². The van der Waals surface area contributed by atoms with E-state index in [0.717, 1.165) is 10.8 Å². The van der Waals surface area contributed by atoms with Crippen molar-refractivity contribution in [3.8, 4) is 5.75 Å². The Bertz CT molecular complexity index is 1460. The van der Waals surface area contributed by atoms with Crippen LogP contribution >= 0.6 is 23.2 Å². The number of amides is 2. The molecule has 35 heavy (non-hydrogen) atoms. The molecular weight excluding hydrogens is 489 g/mol. The number of carbonyl (C=O) groups is 3. The Kier molecular flexibility index (Phi) is 7.40. The molecule has 7 nitrogen and oxygen atoms in total. The predicted molar refractivity (Wildman–Crippen MR) is 136 cm³/mol. The first-order chi connectivity index (χ1) is 16.9. The van der Waals surface area contributed by atoms with E-state index >= 15 is 0 Å². The van der Waals surface area contributed by atoms with Gasteiger partial charge in [0.15, 0.2) is 0 Å². The van der Waals surface area contributed by atoms with Crippen LogP contribution in [0.25, 0.3) is 10.8 Å². The van der Waals surface area contributed by atoms with Crippen LogP contribution in [0.1, 0.15) is 15.9 Å². The average molecular weight is 506 g/mol. The first-order valence-electron chi connectivity index (χ1n) is 10.3. The first kappa shape index (κ1) is 23.9. The Balaban J connectivity index is 1.54. The average Bonchev–Trinajstić information content (AvgIpc) is 2.87. The van der Waals surface area contributed by atoms with Crippen LogP contribution in [0.5, 0.6) is 5.75 Å². The van der Waals surface area contributed by atoms with Crippen LogP contribution in [-0.4, -0.2) is 24.0 Å². The standard InChI is InChI=1S/C26H17Cl2N3O4/c27-18-11-12-21(28)22(14-18)30-24(32)25(33)31-29-15-20-19-9-5-4-6-16(19)10-13-23(20)35-26(34)17-7-2-1-3-8-17/h1-15H,(H,30,32)(H,31,33). The quantitative estimate of drug-likeness (QED) is 0.124. The minimum Gasteiger partial charge on any atom is -0.422 e. The number of hydrogen-bond acceptors (Lipinski definition) is 5. The summed E-state index contributed by atoms with van der Waals surface area (Å²) in [6, 6.07) is 23.9. The van der Waals surface area contributed by atoms with Gasteiger partial charge in [0.05, 0.1) is 22.5 Å². The topological polar surface area (TPSA) is 96.9 Å². The summed E-state index contributed by atoms with van der Waals surface area (Å²) >= 11 is 11.9. The number of carbonyl (C=O) groups excluding carboxylic acids is 3. The van der Waals surface area contributed by atoms with Gasteiger partial charge in [0.1, 0.15) is 5.75 Å². The van der Waals surface area contributed by atoms with E-state index in [9.17, 15) is 14.4 Å². The highest BCUT2D eigenvalue weighted by Gasteiger charge is 2.16. The summed E-state index contributed by atoms with van der Waals surface area (Å²) in [5.41, 5.74) is 3.18. The second-order valence-corrected chi connectivity index (χ2v) is 8.08. The largest absolute Gasteiger partial charge is 0.422 e. The van der Waals surface area contributed by atoms with Gasteiger partial charge in [-0.1, -0.05) is 71.7 Å². The molecule has 0 unspecified atom stereocenters. The zero-order chi connectivity index (χ0) is 24.8. The van der Waals surface area contributed by atoms with Crippen LogP contribution in [0, 0.1) is 0 Å². The third-order valence-electron chi connectivity index (χ3n) is 4.89. The number of nitrogens with one attached hydrogen (secondary N) is 2.